The van der Waals surface area contributed by atoms with Crippen LogP contribution >= 0.6 is 31.9 Å². The van der Waals surface area contributed by atoms with E-state index in [1.54, 1.807) is 18.2 Å². The average Bonchev–Trinajstić information content (AvgIpc) is 2.57. The average molecular weight is 361 g/mol. The van der Waals surface area contributed by atoms with Gasteiger partial charge in [-0.25, -0.2) is 4.68 Å². The van der Waals surface area contributed by atoms with Crippen molar-refractivity contribution < 1.29 is 4.79 Å². The molecule has 8 heteroatoms. The fourth-order valence-electron chi connectivity index (χ4n) is 1.35. The summed E-state index contributed by atoms with van der Waals surface area (Å²) < 4.78 is 2.56. The molecule has 0 unspecified atom stereocenters. The first kappa shape index (κ1) is 12.1. The molecule has 0 spiro atoms. The number of primary amides is 1. The van der Waals surface area contributed by atoms with Crippen LogP contribution in [-0.4, -0.2) is 20.7 Å². The minimum absolute atomic E-state index is 0.107. The second-order valence-electron chi connectivity index (χ2n) is 3.18. The van der Waals surface area contributed by atoms with Crippen LogP contribution < -0.4 is 11.5 Å². The summed E-state index contributed by atoms with van der Waals surface area (Å²) in [6, 6.07) is 5.08. The number of nitrogen functional groups attached to an aromatic ring is 1. The number of hydrogen-bond acceptors (Lipinski definition) is 4. The molecular formula is C9H7Br2N5O. The molecule has 0 saturated carbocycles. The van der Waals surface area contributed by atoms with Gasteiger partial charge in [0.2, 0.25) is 10.7 Å². The Morgan fingerprint density at radius 2 is 2.06 bits per heavy atom. The van der Waals surface area contributed by atoms with E-state index < -0.39 is 5.91 Å². The maximum atomic E-state index is 11.4. The zero-order valence-electron chi connectivity index (χ0n) is 8.39. The molecule has 2 aromatic rings. The molecule has 0 fully saturated rings. The van der Waals surface area contributed by atoms with Gasteiger partial charge in [0.25, 0.3) is 5.91 Å². The van der Waals surface area contributed by atoms with Crippen molar-refractivity contribution in [1.82, 2.24) is 14.8 Å². The van der Waals surface area contributed by atoms with E-state index in [-0.39, 0.29) is 5.95 Å². The topological polar surface area (TPSA) is 99.8 Å². The minimum atomic E-state index is -0.553. The van der Waals surface area contributed by atoms with Gasteiger partial charge in [-0.2, -0.15) is 4.98 Å². The number of nitrogens with two attached hydrogens (primary N) is 2. The van der Waals surface area contributed by atoms with Crippen molar-refractivity contribution in [2.75, 3.05) is 5.73 Å². The molecule has 0 aliphatic heterocycles. The van der Waals surface area contributed by atoms with Crippen LogP contribution in [0.15, 0.2) is 27.4 Å². The first-order valence-electron chi connectivity index (χ1n) is 4.47. The normalized spacial score (nSPS) is 10.5. The number of carbonyl (C=O) groups excluding carboxylic acids is 1. The lowest BCUT2D eigenvalue weighted by atomic mass is 10.1. The molecule has 0 saturated heterocycles. The van der Waals surface area contributed by atoms with Crippen molar-refractivity contribution in [2.24, 2.45) is 5.73 Å². The molecule has 0 atom stereocenters. The van der Waals surface area contributed by atoms with Crippen molar-refractivity contribution in [3.63, 3.8) is 0 Å². The number of nitrogens with zero attached hydrogens (tertiary/aromatic N) is 3. The molecule has 88 valence electrons. The minimum Gasteiger partial charge on any atom is -0.366 e. The van der Waals surface area contributed by atoms with E-state index in [9.17, 15) is 4.79 Å². The highest BCUT2D eigenvalue weighted by molar-refractivity contribution is 9.10. The van der Waals surface area contributed by atoms with Crippen LogP contribution in [0.5, 0.6) is 0 Å². The Balaban J connectivity index is 2.67. The van der Waals surface area contributed by atoms with Gasteiger partial charge in [0.15, 0.2) is 0 Å². The molecule has 17 heavy (non-hydrogen) atoms. The Morgan fingerprint density at radius 3 is 2.59 bits per heavy atom. The van der Waals surface area contributed by atoms with Crippen LogP contribution in [0.3, 0.4) is 0 Å². The predicted octanol–water partition coefficient (Wildman–Crippen LogP) is 1.47. The van der Waals surface area contributed by atoms with E-state index in [1.165, 1.54) is 4.68 Å². The molecule has 0 aliphatic carbocycles. The highest BCUT2D eigenvalue weighted by Crippen LogP contribution is 2.22. The van der Waals surface area contributed by atoms with Gasteiger partial charge in [0.05, 0.1) is 11.3 Å². The van der Waals surface area contributed by atoms with E-state index in [1.807, 2.05) is 0 Å². The summed E-state index contributed by atoms with van der Waals surface area (Å²) in [6.45, 7) is 0. The Bertz CT molecular complexity index is 595. The second kappa shape index (κ2) is 4.46. The number of benzene rings is 1. The molecule has 2 rings (SSSR count). The summed E-state index contributed by atoms with van der Waals surface area (Å²) in [6.07, 6.45) is 0. The van der Waals surface area contributed by atoms with Gasteiger partial charge >= 0.3 is 0 Å². The lowest BCUT2D eigenvalue weighted by molar-refractivity contribution is 0.1000. The zero-order chi connectivity index (χ0) is 12.6. The van der Waals surface area contributed by atoms with E-state index in [2.05, 4.69) is 41.9 Å². The molecule has 1 aromatic heterocycles. The number of hydrogen-bond donors (Lipinski definition) is 2. The Labute approximate surface area is 113 Å². The molecule has 1 amide bonds. The zero-order valence-corrected chi connectivity index (χ0v) is 11.6. The van der Waals surface area contributed by atoms with Gasteiger partial charge < -0.3 is 11.5 Å². The molecular weight excluding hydrogens is 354 g/mol. The standard InChI is InChI=1S/C9H7Br2N5O/c10-4-1-2-6(5(3-4)7(12)17)16-8(11)14-9(13)15-16/h1-3H,(H2,12,17)(H2,13,15). The lowest BCUT2D eigenvalue weighted by Crippen LogP contribution is -2.15. The highest BCUT2D eigenvalue weighted by Gasteiger charge is 2.14. The number of amides is 1. The first-order valence-corrected chi connectivity index (χ1v) is 6.05. The van der Waals surface area contributed by atoms with Gasteiger partial charge in [-0.3, -0.25) is 4.79 Å². The van der Waals surface area contributed by atoms with Gasteiger partial charge in [-0.05, 0) is 34.1 Å². The third-order valence-electron chi connectivity index (χ3n) is 2.04. The fraction of sp³-hybridized carbons (Fsp3) is 0. The number of aromatic nitrogens is 3. The lowest BCUT2D eigenvalue weighted by Gasteiger charge is -2.07. The molecule has 0 radical (unpaired) electrons. The van der Waals surface area contributed by atoms with Crippen molar-refractivity contribution in [3.05, 3.63) is 33.0 Å². The van der Waals surface area contributed by atoms with Crippen LogP contribution in [0.1, 0.15) is 10.4 Å². The predicted molar refractivity (Wildman–Crippen MR) is 69.7 cm³/mol. The maximum Gasteiger partial charge on any atom is 0.250 e. The quantitative estimate of drug-likeness (QED) is 0.846. The second-order valence-corrected chi connectivity index (χ2v) is 4.80. The first-order chi connectivity index (χ1) is 7.99. The van der Waals surface area contributed by atoms with Crippen LogP contribution in [0, 0.1) is 0 Å². The highest BCUT2D eigenvalue weighted by atomic mass is 79.9. The Morgan fingerprint density at radius 1 is 1.35 bits per heavy atom. The van der Waals surface area contributed by atoms with Crippen LogP contribution in [0.4, 0.5) is 5.95 Å². The molecule has 0 aliphatic rings. The number of rotatable bonds is 2. The molecule has 6 nitrogen and oxygen atoms in total. The third kappa shape index (κ3) is 2.32. The molecule has 1 aromatic carbocycles. The molecule has 0 bridgehead atoms. The summed E-state index contributed by atoms with van der Waals surface area (Å²) in [5.74, 6) is -0.447. The van der Waals surface area contributed by atoms with Crippen LogP contribution in [0.25, 0.3) is 5.69 Å². The van der Waals surface area contributed by atoms with Gasteiger partial charge in [0, 0.05) is 4.47 Å². The van der Waals surface area contributed by atoms with Gasteiger partial charge in [-0.1, -0.05) is 15.9 Å². The van der Waals surface area contributed by atoms with Gasteiger partial charge in [-0.15, -0.1) is 5.10 Å². The van der Waals surface area contributed by atoms with Crippen molar-refractivity contribution >= 4 is 43.7 Å². The van der Waals surface area contributed by atoms with Crippen molar-refractivity contribution in [1.29, 1.82) is 0 Å². The SMILES string of the molecule is NC(=O)c1cc(Br)ccc1-n1nc(N)nc1Br. The molecule has 4 N–H and O–H groups in total. The summed E-state index contributed by atoms with van der Waals surface area (Å²) in [7, 11) is 0. The third-order valence-corrected chi connectivity index (χ3v) is 3.04. The number of anilines is 1. The number of carbonyl (C=O) groups is 1. The molecule has 1 heterocycles. The van der Waals surface area contributed by atoms with Crippen LogP contribution in [0.2, 0.25) is 0 Å². The van der Waals surface area contributed by atoms with Crippen molar-refractivity contribution in [2.45, 2.75) is 0 Å². The smallest absolute Gasteiger partial charge is 0.250 e. The fourth-order valence-corrected chi connectivity index (χ4v) is 2.16. The monoisotopic (exact) mass is 359 g/mol. The summed E-state index contributed by atoms with van der Waals surface area (Å²) in [5, 5.41) is 3.97. The van der Waals surface area contributed by atoms with E-state index >= 15 is 0 Å². The summed E-state index contributed by atoms with van der Waals surface area (Å²) >= 11 is 6.47. The van der Waals surface area contributed by atoms with E-state index in [4.69, 9.17) is 11.5 Å². The van der Waals surface area contributed by atoms with Crippen molar-refractivity contribution in [3.8, 4) is 5.69 Å². The van der Waals surface area contributed by atoms with E-state index in [0.29, 0.717) is 16.0 Å². The van der Waals surface area contributed by atoms with Crippen LogP contribution in [-0.2, 0) is 0 Å². The summed E-state index contributed by atoms with van der Waals surface area (Å²) in [4.78, 5) is 15.3. The van der Waals surface area contributed by atoms with E-state index in [0.717, 1.165) is 4.47 Å². The van der Waals surface area contributed by atoms with Gasteiger partial charge in [0.1, 0.15) is 0 Å². The maximum absolute atomic E-state index is 11.4. The summed E-state index contributed by atoms with van der Waals surface area (Å²) in [5.41, 5.74) is 11.6. The Kier molecular flexibility index (Phi) is 3.16. The Hall–Kier alpha value is -1.41. The largest absolute Gasteiger partial charge is 0.366 e. The number of halogens is 2.